The summed E-state index contributed by atoms with van der Waals surface area (Å²) in [5, 5.41) is 4.63. The Morgan fingerprint density at radius 1 is 1.33 bits per heavy atom. The highest BCUT2D eigenvalue weighted by atomic mass is 16.1. The van der Waals surface area contributed by atoms with Gasteiger partial charge >= 0.3 is 0 Å². The maximum absolute atomic E-state index is 11.3. The van der Waals surface area contributed by atoms with Crippen LogP contribution in [0.5, 0.6) is 0 Å². The number of pyridine rings is 1. The first-order chi connectivity index (χ1) is 11.5. The Morgan fingerprint density at radius 2 is 2.08 bits per heavy atom. The maximum atomic E-state index is 11.3. The number of amides is 1. The smallest absolute Gasteiger partial charge is 0.220 e. The van der Waals surface area contributed by atoms with Crippen molar-refractivity contribution in [1.82, 2.24) is 24.6 Å². The van der Waals surface area contributed by atoms with Crippen molar-refractivity contribution in [3.8, 4) is 5.82 Å². The van der Waals surface area contributed by atoms with E-state index >= 15 is 0 Å². The van der Waals surface area contributed by atoms with Gasteiger partial charge in [0.1, 0.15) is 5.82 Å². The molecule has 128 valence electrons. The summed E-state index contributed by atoms with van der Waals surface area (Å²) in [4.78, 5) is 22.7. The van der Waals surface area contributed by atoms with E-state index in [1.54, 1.807) is 6.20 Å². The van der Waals surface area contributed by atoms with Gasteiger partial charge in [0.15, 0.2) is 11.6 Å². The Hall–Kier alpha value is -2.28. The molecule has 0 bridgehead atoms. The van der Waals surface area contributed by atoms with Crippen LogP contribution in [0.4, 0.5) is 0 Å². The average molecular weight is 328 g/mol. The van der Waals surface area contributed by atoms with E-state index in [4.69, 9.17) is 10.7 Å². The molecule has 0 saturated carbocycles. The number of carbonyl (C=O) groups is 1. The highest BCUT2D eigenvalue weighted by Crippen LogP contribution is 2.20. The van der Waals surface area contributed by atoms with Crippen LogP contribution in [-0.4, -0.2) is 43.6 Å². The summed E-state index contributed by atoms with van der Waals surface area (Å²) in [6, 6.07) is 5.76. The summed E-state index contributed by atoms with van der Waals surface area (Å²) in [6.07, 6.45) is 3.38. The second-order valence-electron chi connectivity index (χ2n) is 6.59. The number of hydrogen-bond acceptors (Lipinski definition) is 5. The first kappa shape index (κ1) is 16.6. The Bertz CT molecular complexity index is 688. The van der Waals surface area contributed by atoms with Crippen molar-refractivity contribution in [2.45, 2.75) is 39.2 Å². The van der Waals surface area contributed by atoms with Gasteiger partial charge in [-0.1, -0.05) is 19.9 Å². The molecule has 1 aliphatic heterocycles. The van der Waals surface area contributed by atoms with Crippen molar-refractivity contribution >= 4 is 5.91 Å². The van der Waals surface area contributed by atoms with Gasteiger partial charge in [-0.3, -0.25) is 9.69 Å². The molecule has 2 N–H and O–H groups in total. The molecule has 1 fully saturated rings. The standard InChI is InChI=1S/C17H24N6O/c1-12(2)17-20-15(23(21-17)14-5-3-4-8-19-14)11-22-9-6-13(7-10-22)16(18)24/h3-5,8,12-13H,6-7,9-11H2,1-2H3,(H2,18,24). The molecular weight excluding hydrogens is 304 g/mol. The number of hydrogen-bond donors (Lipinski definition) is 1. The summed E-state index contributed by atoms with van der Waals surface area (Å²) >= 11 is 0. The molecule has 2 aromatic heterocycles. The van der Waals surface area contributed by atoms with E-state index < -0.39 is 0 Å². The van der Waals surface area contributed by atoms with Crippen LogP contribution < -0.4 is 5.73 Å². The number of likely N-dealkylation sites (tertiary alicyclic amines) is 1. The minimum Gasteiger partial charge on any atom is -0.369 e. The molecule has 0 radical (unpaired) electrons. The molecule has 7 heteroatoms. The Kier molecular flexibility index (Phi) is 4.89. The van der Waals surface area contributed by atoms with Crippen molar-refractivity contribution < 1.29 is 4.79 Å². The van der Waals surface area contributed by atoms with Gasteiger partial charge in [0, 0.05) is 18.0 Å². The van der Waals surface area contributed by atoms with Crippen LogP contribution in [-0.2, 0) is 11.3 Å². The molecule has 0 atom stereocenters. The van der Waals surface area contributed by atoms with E-state index in [2.05, 4.69) is 28.8 Å². The molecule has 0 unspecified atom stereocenters. The number of aromatic nitrogens is 4. The number of primary amides is 1. The third-order valence-electron chi connectivity index (χ3n) is 4.43. The first-order valence-corrected chi connectivity index (χ1v) is 8.43. The maximum Gasteiger partial charge on any atom is 0.220 e. The van der Waals surface area contributed by atoms with Gasteiger partial charge in [-0.2, -0.15) is 4.68 Å². The molecule has 2 aromatic rings. The number of rotatable bonds is 5. The molecule has 3 rings (SSSR count). The molecule has 0 spiro atoms. The highest BCUT2D eigenvalue weighted by Gasteiger charge is 2.25. The average Bonchev–Trinajstić information content (AvgIpc) is 3.00. The predicted octanol–water partition coefficient (Wildman–Crippen LogP) is 1.48. The van der Waals surface area contributed by atoms with Gasteiger partial charge in [-0.05, 0) is 38.1 Å². The second-order valence-corrected chi connectivity index (χ2v) is 6.59. The van der Waals surface area contributed by atoms with E-state index in [9.17, 15) is 4.79 Å². The van der Waals surface area contributed by atoms with Gasteiger partial charge in [-0.25, -0.2) is 9.97 Å². The summed E-state index contributed by atoms with van der Waals surface area (Å²) < 4.78 is 1.83. The van der Waals surface area contributed by atoms with Gasteiger partial charge < -0.3 is 5.73 Å². The lowest BCUT2D eigenvalue weighted by molar-refractivity contribution is -0.123. The van der Waals surface area contributed by atoms with Crippen molar-refractivity contribution in [2.75, 3.05) is 13.1 Å². The molecule has 24 heavy (non-hydrogen) atoms. The molecule has 0 aromatic carbocycles. The van der Waals surface area contributed by atoms with Crippen molar-refractivity contribution in [2.24, 2.45) is 11.7 Å². The van der Waals surface area contributed by atoms with E-state index in [1.807, 2.05) is 22.9 Å². The summed E-state index contributed by atoms with van der Waals surface area (Å²) in [7, 11) is 0. The lowest BCUT2D eigenvalue weighted by Gasteiger charge is -2.29. The monoisotopic (exact) mass is 328 g/mol. The summed E-state index contributed by atoms with van der Waals surface area (Å²) in [5.74, 6) is 2.56. The zero-order valence-corrected chi connectivity index (χ0v) is 14.2. The molecule has 3 heterocycles. The molecule has 1 amide bonds. The second kappa shape index (κ2) is 7.09. The largest absolute Gasteiger partial charge is 0.369 e. The quantitative estimate of drug-likeness (QED) is 0.898. The third kappa shape index (κ3) is 3.62. The fourth-order valence-corrected chi connectivity index (χ4v) is 2.95. The topological polar surface area (TPSA) is 89.9 Å². The van der Waals surface area contributed by atoms with Gasteiger partial charge in [0.05, 0.1) is 6.54 Å². The zero-order chi connectivity index (χ0) is 17.1. The Balaban J connectivity index is 1.79. The molecule has 7 nitrogen and oxygen atoms in total. The van der Waals surface area contributed by atoms with Crippen LogP contribution in [0.1, 0.15) is 44.3 Å². The Morgan fingerprint density at radius 3 is 2.67 bits per heavy atom. The molecule has 1 aliphatic rings. The summed E-state index contributed by atoms with van der Waals surface area (Å²) in [5.41, 5.74) is 5.41. The van der Waals surface area contributed by atoms with Crippen LogP contribution >= 0.6 is 0 Å². The molecular formula is C17H24N6O. The van der Waals surface area contributed by atoms with E-state index in [1.165, 1.54) is 0 Å². The fraction of sp³-hybridized carbons (Fsp3) is 0.529. The van der Waals surface area contributed by atoms with Gasteiger partial charge in [0.25, 0.3) is 0 Å². The van der Waals surface area contributed by atoms with Gasteiger partial charge in [-0.15, -0.1) is 5.10 Å². The normalized spacial score (nSPS) is 16.6. The van der Waals surface area contributed by atoms with Crippen LogP contribution in [0.2, 0.25) is 0 Å². The zero-order valence-electron chi connectivity index (χ0n) is 14.2. The van der Waals surface area contributed by atoms with Crippen molar-refractivity contribution in [3.05, 3.63) is 36.0 Å². The SMILES string of the molecule is CC(C)c1nc(CN2CCC(C(N)=O)CC2)n(-c2ccccn2)n1. The van der Waals surface area contributed by atoms with Crippen LogP contribution in [0.3, 0.4) is 0 Å². The van der Waals surface area contributed by atoms with Crippen LogP contribution in [0.15, 0.2) is 24.4 Å². The van der Waals surface area contributed by atoms with E-state index in [0.29, 0.717) is 6.54 Å². The van der Waals surface area contributed by atoms with Crippen LogP contribution in [0.25, 0.3) is 5.82 Å². The highest BCUT2D eigenvalue weighted by molar-refractivity contribution is 5.76. The predicted molar refractivity (Wildman–Crippen MR) is 90.4 cm³/mol. The van der Waals surface area contributed by atoms with Crippen molar-refractivity contribution in [3.63, 3.8) is 0 Å². The number of nitrogens with two attached hydrogens (primary N) is 1. The summed E-state index contributed by atoms with van der Waals surface area (Å²) in [6.45, 7) is 6.56. The Labute approximate surface area is 141 Å². The molecule has 0 aliphatic carbocycles. The van der Waals surface area contributed by atoms with Gasteiger partial charge in [0.2, 0.25) is 5.91 Å². The lowest BCUT2D eigenvalue weighted by Crippen LogP contribution is -2.38. The minimum absolute atomic E-state index is 0.00105. The lowest BCUT2D eigenvalue weighted by atomic mass is 9.96. The van der Waals surface area contributed by atoms with E-state index in [-0.39, 0.29) is 17.7 Å². The van der Waals surface area contributed by atoms with Crippen molar-refractivity contribution in [1.29, 1.82) is 0 Å². The van der Waals surface area contributed by atoms with E-state index in [0.717, 1.165) is 43.4 Å². The molecule has 1 saturated heterocycles. The van der Waals surface area contributed by atoms with Crippen LogP contribution in [0, 0.1) is 5.92 Å². The fourth-order valence-electron chi connectivity index (χ4n) is 2.95. The minimum atomic E-state index is -0.187. The number of piperidine rings is 1. The number of carbonyl (C=O) groups excluding carboxylic acids is 1. The third-order valence-corrected chi connectivity index (χ3v) is 4.43. The number of nitrogens with zero attached hydrogens (tertiary/aromatic N) is 5. The first-order valence-electron chi connectivity index (χ1n) is 8.43.